The lowest BCUT2D eigenvalue weighted by Crippen LogP contribution is -2.31. The molecule has 3 heterocycles. The topological polar surface area (TPSA) is 50.3 Å². The minimum absolute atomic E-state index is 0.621. The molecule has 0 aliphatic carbocycles. The Balaban J connectivity index is 1.51. The zero-order chi connectivity index (χ0) is 18.6. The molecule has 0 bridgehead atoms. The quantitative estimate of drug-likeness (QED) is 0.644. The summed E-state index contributed by atoms with van der Waals surface area (Å²) >= 11 is 0. The molecular formula is C21H27N5O. The molecule has 1 aliphatic rings. The van der Waals surface area contributed by atoms with E-state index < -0.39 is 0 Å². The number of hydrogen-bond donors (Lipinski definition) is 0. The maximum Gasteiger partial charge on any atom is 0.217 e. The van der Waals surface area contributed by atoms with E-state index in [1.54, 1.807) is 6.26 Å². The summed E-state index contributed by atoms with van der Waals surface area (Å²) in [7, 11) is 4.32. The van der Waals surface area contributed by atoms with Crippen LogP contribution in [0.4, 0.5) is 0 Å². The van der Waals surface area contributed by atoms with Gasteiger partial charge in [-0.25, -0.2) is 9.67 Å². The molecule has 4 rings (SSSR count). The summed E-state index contributed by atoms with van der Waals surface area (Å²) in [6.07, 6.45) is 3.81. The Labute approximate surface area is 160 Å². The van der Waals surface area contributed by atoms with Crippen LogP contribution in [0.25, 0.3) is 11.6 Å². The molecule has 0 N–H and O–H groups in total. The Morgan fingerprint density at radius 1 is 1.15 bits per heavy atom. The standard InChI is InChI=1S/C21H27N5O/c1-24(2)18-11-12-25(15-18)16-20-22-21(19-9-6-14-27-19)23-26(20)13-10-17-7-4-3-5-8-17/h3-9,14,18H,10-13,15-16H2,1-2H3/t18-/m1/s1. The lowest BCUT2D eigenvalue weighted by atomic mass is 10.1. The van der Waals surface area contributed by atoms with Crippen LogP contribution in [0.5, 0.6) is 0 Å². The number of aryl methyl sites for hydroxylation is 2. The first-order valence-corrected chi connectivity index (χ1v) is 9.59. The third-order valence-corrected chi connectivity index (χ3v) is 5.29. The van der Waals surface area contributed by atoms with Crippen LogP contribution in [0, 0.1) is 0 Å². The second kappa shape index (κ2) is 8.06. The highest BCUT2D eigenvalue weighted by Gasteiger charge is 2.25. The van der Waals surface area contributed by atoms with Crippen LogP contribution in [0.2, 0.25) is 0 Å². The first kappa shape index (κ1) is 17.9. The van der Waals surface area contributed by atoms with Crippen molar-refractivity contribution in [3.63, 3.8) is 0 Å². The van der Waals surface area contributed by atoms with Gasteiger partial charge in [0, 0.05) is 25.7 Å². The Morgan fingerprint density at radius 3 is 2.70 bits per heavy atom. The van der Waals surface area contributed by atoms with Gasteiger partial charge in [-0.05, 0) is 44.6 Å². The SMILES string of the molecule is CN(C)[C@@H]1CCN(Cc2nc(-c3ccco3)nn2CCc2ccccc2)C1. The minimum Gasteiger partial charge on any atom is -0.461 e. The van der Waals surface area contributed by atoms with E-state index in [2.05, 4.69) is 48.2 Å². The van der Waals surface area contributed by atoms with Crippen LogP contribution in [0.1, 0.15) is 17.8 Å². The molecule has 1 fully saturated rings. The zero-order valence-corrected chi connectivity index (χ0v) is 16.1. The van der Waals surface area contributed by atoms with Crippen molar-refractivity contribution in [2.75, 3.05) is 27.2 Å². The smallest absolute Gasteiger partial charge is 0.217 e. The molecule has 1 aromatic carbocycles. The van der Waals surface area contributed by atoms with Gasteiger partial charge in [-0.1, -0.05) is 30.3 Å². The first-order chi connectivity index (χ1) is 13.2. The fourth-order valence-corrected chi connectivity index (χ4v) is 3.64. The summed E-state index contributed by atoms with van der Waals surface area (Å²) < 4.78 is 7.56. The molecule has 0 radical (unpaired) electrons. The van der Waals surface area contributed by atoms with Crippen LogP contribution in [-0.4, -0.2) is 57.8 Å². The molecule has 0 unspecified atom stereocenters. The lowest BCUT2D eigenvalue weighted by Gasteiger charge is -2.20. The third-order valence-electron chi connectivity index (χ3n) is 5.29. The fourth-order valence-electron chi connectivity index (χ4n) is 3.64. The van der Waals surface area contributed by atoms with E-state index in [-0.39, 0.29) is 0 Å². The van der Waals surface area contributed by atoms with Gasteiger partial charge in [-0.15, -0.1) is 5.10 Å². The van der Waals surface area contributed by atoms with E-state index in [0.717, 1.165) is 44.2 Å². The van der Waals surface area contributed by atoms with Crippen LogP contribution in [0.15, 0.2) is 53.1 Å². The predicted octanol–water partition coefficient (Wildman–Crippen LogP) is 2.92. The molecule has 1 aliphatic heterocycles. The van der Waals surface area contributed by atoms with Gasteiger partial charge in [0.2, 0.25) is 5.82 Å². The van der Waals surface area contributed by atoms with Crippen molar-refractivity contribution in [2.45, 2.75) is 32.0 Å². The Kier molecular flexibility index (Phi) is 5.36. The maximum atomic E-state index is 5.51. The van der Waals surface area contributed by atoms with E-state index >= 15 is 0 Å². The van der Waals surface area contributed by atoms with Gasteiger partial charge in [0.15, 0.2) is 5.76 Å². The highest BCUT2D eigenvalue weighted by Crippen LogP contribution is 2.20. The van der Waals surface area contributed by atoms with E-state index in [4.69, 9.17) is 14.5 Å². The lowest BCUT2D eigenvalue weighted by molar-refractivity contribution is 0.258. The minimum atomic E-state index is 0.621. The van der Waals surface area contributed by atoms with Crippen molar-refractivity contribution >= 4 is 0 Å². The predicted molar refractivity (Wildman–Crippen MR) is 105 cm³/mol. The first-order valence-electron chi connectivity index (χ1n) is 9.59. The summed E-state index contributed by atoms with van der Waals surface area (Å²) in [5.41, 5.74) is 1.31. The molecule has 142 valence electrons. The van der Waals surface area contributed by atoms with Gasteiger partial charge in [0.1, 0.15) is 5.82 Å². The Bertz CT molecular complexity index is 841. The molecular weight excluding hydrogens is 338 g/mol. The van der Waals surface area contributed by atoms with Gasteiger partial charge in [0.25, 0.3) is 0 Å². The second-order valence-corrected chi connectivity index (χ2v) is 7.43. The maximum absolute atomic E-state index is 5.51. The molecule has 1 saturated heterocycles. The number of furan rings is 1. The number of likely N-dealkylation sites (N-methyl/N-ethyl adjacent to an activating group) is 1. The largest absolute Gasteiger partial charge is 0.461 e. The van der Waals surface area contributed by atoms with Crippen LogP contribution >= 0.6 is 0 Å². The van der Waals surface area contributed by atoms with E-state index in [0.29, 0.717) is 11.9 Å². The van der Waals surface area contributed by atoms with Gasteiger partial charge >= 0.3 is 0 Å². The monoisotopic (exact) mass is 365 g/mol. The summed E-state index contributed by atoms with van der Waals surface area (Å²) in [6, 6.07) is 14.9. The van der Waals surface area contributed by atoms with E-state index in [1.165, 1.54) is 12.0 Å². The van der Waals surface area contributed by atoms with Gasteiger partial charge in [-0.2, -0.15) is 0 Å². The number of rotatable bonds is 7. The van der Waals surface area contributed by atoms with Gasteiger partial charge in [0.05, 0.1) is 12.8 Å². The van der Waals surface area contributed by atoms with Gasteiger partial charge < -0.3 is 9.32 Å². The molecule has 6 heteroatoms. The Morgan fingerprint density at radius 2 is 2.00 bits per heavy atom. The van der Waals surface area contributed by atoms with Crippen molar-refractivity contribution in [1.29, 1.82) is 0 Å². The molecule has 0 amide bonds. The number of nitrogens with zero attached hydrogens (tertiary/aromatic N) is 5. The highest BCUT2D eigenvalue weighted by atomic mass is 16.3. The van der Waals surface area contributed by atoms with Crippen molar-refractivity contribution < 1.29 is 4.42 Å². The van der Waals surface area contributed by atoms with Crippen LogP contribution in [-0.2, 0) is 19.5 Å². The van der Waals surface area contributed by atoms with E-state index in [1.807, 2.05) is 22.9 Å². The average Bonchev–Trinajstić information content (AvgIpc) is 3.42. The summed E-state index contributed by atoms with van der Waals surface area (Å²) in [5, 5.41) is 4.74. The molecule has 6 nitrogen and oxygen atoms in total. The number of benzene rings is 1. The third kappa shape index (κ3) is 4.28. The average molecular weight is 365 g/mol. The molecule has 2 aromatic heterocycles. The summed E-state index contributed by atoms with van der Waals surface area (Å²) in [6.45, 7) is 3.82. The normalized spacial score (nSPS) is 17.8. The second-order valence-electron chi connectivity index (χ2n) is 7.43. The van der Waals surface area contributed by atoms with Crippen molar-refractivity contribution in [3.05, 3.63) is 60.1 Å². The molecule has 0 spiro atoms. The zero-order valence-electron chi connectivity index (χ0n) is 16.1. The number of aromatic nitrogens is 3. The summed E-state index contributed by atoms with van der Waals surface area (Å²) in [4.78, 5) is 9.59. The van der Waals surface area contributed by atoms with Crippen LogP contribution < -0.4 is 0 Å². The van der Waals surface area contributed by atoms with Crippen molar-refractivity contribution in [3.8, 4) is 11.6 Å². The van der Waals surface area contributed by atoms with Gasteiger partial charge in [-0.3, -0.25) is 4.90 Å². The molecule has 1 atom stereocenters. The van der Waals surface area contributed by atoms with Crippen LogP contribution in [0.3, 0.4) is 0 Å². The number of hydrogen-bond acceptors (Lipinski definition) is 5. The molecule has 0 saturated carbocycles. The molecule has 3 aromatic rings. The van der Waals surface area contributed by atoms with Crippen molar-refractivity contribution in [1.82, 2.24) is 24.6 Å². The summed E-state index contributed by atoms with van der Waals surface area (Å²) in [5.74, 6) is 2.41. The van der Waals surface area contributed by atoms with Crippen molar-refractivity contribution in [2.24, 2.45) is 0 Å². The molecule has 27 heavy (non-hydrogen) atoms. The number of likely N-dealkylation sites (tertiary alicyclic amines) is 1. The van der Waals surface area contributed by atoms with E-state index in [9.17, 15) is 0 Å². The fraction of sp³-hybridized carbons (Fsp3) is 0.429. The Hall–Kier alpha value is -2.44. The highest BCUT2D eigenvalue weighted by molar-refractivity contribution is 5.45.